The molecule has 4 aromatic rings. The van der Waals surface area contributed by atoms with Crippen molar-refractivity contribution in [2.24, 2.45) is 0 Å². The molecule has 0 heterocycles. The Bertz CT molecular complexity index is 1710. The highest BCUT2D eigenvalue weighted by atomic mass is 16.5. The number of hydrogen-bond donors (Lipinski definition) is 2. The van der Waals surface area contributed by atoms with Crippen LogP contribution in [0.2, 0.25) is 0 Å². The molecule has 8 heteroatoms. The lowest BCUT2D eigenvalue weighted by Gasteiger charge is -2.17. The standard InChI is InChI=1S/C41H44N2O6/c1-3-4-5-6-10-27-48-35-23-17-32(18-24-35)39(46)49-36-21-13-30(14-22-36)28-37(29(2)44)43-38(45)31-15-19-34(20-16-31)42-40(47)41(25-26-41)33-11-8-7-9-12-33/h7-9,11-24,37H,3-6,10,25-28H2,1-2H3,(H,42,47)(H,43,45)/t37-/m0/s1. The van der Waals surface area contributed by atoms with Gasteiger partial charge in [0.15, 0.2) is 5.78 Å². The van der Waals surface area contributed by atoms with E-state index in [2.05, 4.69) is 17.6 Å². The molecule has 0 bridgehead atoms. The van der Waals surface area contributed by atoms with E-state index in [1.165, 1.54) is 26.2 Å². The SMILES string of the molecule is CCCCCCCOc1ccc(C(=O)Oc2ccc(C[C@H](NC(=O)c3ccc(NC(=O)C4(c5ccccc5)CC4)cc3)C(C)=O)cc2)cc1. The van der Waals surface area contributed by atoms with E-state index >= 15 is 0 Å². The molecule has 0 unspecified atom stereocenters. The summed E-state index contributed by atoms with van der Waals surface area (Å²) in [5, 5.41) is 5.80. The number of carbonyl (C=O) groups excluding carboxylic acids is 4. The van der Waals surface area contributed by atoms with E-state index < -0.39 is 23.3 Å². The van der Waals surface area contributed by atoms with Gasteiger partial charge < -0.3 is 20.1 Å². The average Bonchev–Trinajstić information content (AvgIpc) is 3.94. The number of unbranched alkanes of at least 4 members (excludes halogenated alkanes) is 4. The van der Waals surface area contributed by atoms with Crippen LogP contribution in [0.5, 0.6) is 11.5 Å². The number of anilines is 1. The average molecular weight is 661 g/mol. The Kier molecular flexibility index (Phi) is 12.0. The third-order valence-corrected chi connectivity index (χ3v) is 8.89. The van der Waals surface area contributed by atoms with Crippen LogP contribution in [-0.4, -0.2) is 36.2 Å². The van der Waals surface area contributed by atoms with E-state index in [1.54, 1.807) is 72.8 Å². The van der Waals surface area contributed by atoms with Gasteiger partial charge in [0, 0.05) is 11.3 Å². The van der Waals surface area contributed by atoms with Crippen LogP contribution >= 0.6 is 0 Å². The highest BCUT2D eigenvalue weighted by molar-refractivity contribution is 6.02. The normalized spacial score (nSPS) is 13.5. The number of rotatable bonds is 17. The molecule has 0 radical (unpaired) electrons. The van der Waals surface area contributed by atoms with Crippen molar-refractivity contribution in [2.75, 3.05) is 11.9 Å². The van der Waals surface area contributed by atoms with E-state index in [-0.39, 0.29) is 18.1 Å². The predicted molar refractivity (Wildman–Crippen MR) is 190 cm³/mol. The summed E-state index contributed by atoms with van der Waals surface area (Å²) in [5.41, 5.74) is 2.68. The molecular weight excluding hydrogens is 616 g/mol. The van der Waals surface area contributed by atoms with Crippen molar-refractivity contribution in [1.82, 2.24) is 5.32 Å². The summed E-state index contributed by atoms with van der Waals surface area (Å²) in [6.45, 7) is 4.28. The van der Waals surface area contributed by atoms with Gasteiger partial charge in [0.25, 0.3) is 5.91 Å². The topological polar surface area (TPSA) is 111 Å². The lowest BCUT2D eigenvalue weighted by molar-refractivity contribution is -0.119. The molecule has 0 saturated heterocycles. The van der Waals surface area contributed by atoms with Gasteiger partial charge in [-0.25, -0.2) is 4.79 Å². The molecule has 0 spiro atoms. The fourth-order valence-electron chi connectivity index (χ4n) is 5.70. The zero-order valence-electron chi connectivity index (χ0n) is 28.2. The number of ketones is 1. The molecule has 8 nitrogen and oxygen atoms in total. The Morgan fingerprint density at radius 2 is 1.37 bits per heavy atom. The van der Waals surface area contributed by atoms with Crippen LogP contribution in [0.25, 0.3) is 0 Å². The summed E-state index contributed by atoms with van der Waals surface area (Å²) in [6.07, 6.45) is 7.69. The van der Waals surface area contributed by atoms with Gasteiger partial charge in [0.2, 0.25) is 5.91 Å². The number of carbonyl (C=O) groups is 4. The molecule has 1 saturated carbocycles. The molecule has 49 heavy (non-hydrogen) atoms. The maximum atomic E-state index is 13.1. The van der Waals surface area contributed by atoms with E-state index in [1.807, 2.05) is 30.3 Å². The number of nitrogens with one attached hydrogen (secondary N) is 2. The fraction of sp³-hybridized carbons (Fsp3) is 0.317. The van der Waals surface area contributed by atoms with Crippen LogP contribution in [0.3, 0.4) is 0 Å². The Labute approximate surface area is 288 Å². The number of hydrogen-bond acceptors (Lipinski definition) is 6. The lowest BCUT2D eigenvalue weighted by Crippen LogP contribution is -2.41. The third-order valence-electron chi connectivity index (χ3n) is 8.89. The van der Waals surface area contributed by atoms with Gasteiger partial charge in [-0.3, -0.25) is 14.4 Å². The lowest BCUT2D eigenvalue weighted by atomic mass is 9.95. The zero-order valence-corrected chi connectivity index (χ0v) is 28.2. The van der Waals surface area contributed by atoms with Gasteiger partial charge in [-0.2, -0.15) is 0 Å². The summed E-state index contributed by atoms with van der Waals surface area (Å²) in [6, 6.07) is 29.4. The monoisotopic (exact) mass is 660 g/mol. The number of ether oxygens (including phenoxy) is 2. The molecule has 2 N–H and O–H groups in total. The van der Waals surface area contributed by atoms with Crippen molar-refractivity contribution >= 4 is 29.3 Å². The first-order chi connectivity index (χ1) is 23.8. The van der Waals surface area contributed by atoms with E-state index in [4.69, 9.17) is 9.47 Å². The van der Waals surface area contributed by atoms with Crippen molar-refractivity contribution < 1.29 is 28.7 Å². The number of benzene rings is 4. The summed E-state index contributed by atoms with van der Waals surface area (Å²) in [4.78, 5) is 51.3. The molecule has 1 aliphatic carbocycles. The molecule has 5 rings (SSSR count). The molecule has 1 aliphatic rings. The van der Waals surface area contributed by atoms with Crippen LogP contribution < -0.4 is 20.1 Å². The van der Waals surface area contributed by atoms with Gasteiger partial charge >= 0.3 is 5.97 Å². The molecule has 1 atom stereocenters. The van der Waals surface area contributed by atoms with Crippen molar-refractivity contribution in [3.05, 3.63) is 125 Å². The molecule has 0 aliphatic heterocycles. The molecule has 4 aromatic carbocycles. The minimum atomic E-state index is -0.752. The quantitative estimate of drug-likeness (QED) is 0.0678. The summed E-state index contributed by atoms with van der Waals surface area (Å²) in [7, 11) is 0. The summed E-state index contributed by atoms with van der Waals surface area (Å²) in [5.74, 6) is -0.0389. The fourth-order valence-corrected chi connectivity index (χ4v) is 5.70. The first-order valence-electron chi connectivity index (χ1n) is 17.1. The van der Waals surface area contributed by atoms with Crippen LogP contribution in [-0.2, 0) is 21.4 Å². The van der Waals surface area contributed by atoms with Gasteiger partial charge in [-0.15, -0.1) is 0 Å². The maximum absolute atomic E-state index is 13.1. The van der Waals surface area contributed by atoms with E-state index in [0.717, 1.165) is 42.6 Å². The Balaban J connectivity index is 1.09. The zero-order chi connectivity index (χ0) is 34.6. The predicted octanol–water partition coefficient (Wildman–Crippen LogP) is 7.86. The largest absolute Gasteiger partial charge is 0.494 e. The van der Waals surface area contributed by atoms with Crippen LogP contribution in [0.1, 0.15) is 90.6 Å². The van der Waals surface area contributed by atoms with E-state index in [0.29, 0.717) is 29.2 Å². The number of esters is 1. The first kappa shape index (κ1) is 35.1. The highest BCUT2D eigenvalue weighted by Crippen LogP contribution is 2.48. The maximum Gasteiger partial charge on any atom is 0.343 e. The van der Waals surface area contributed by atoms with Crippen LogP contribution in [0.15, 0.2) is 103 Å². The second kappa shape index (κ2) is 16.7. The minimum Gasteiger partial charge on any atom is -0.494 e. The molecular formula is C41H44N2O6. The second-order valence-corrected chi connectivity index (χ2v) is 12.6. The molecule has 2 amide bonds. The Morgan fingerprint density at radius 1 is 0.735 bits per heavy atom. The van der Waals surface area contributed by atoms with E-state index in [9.17, 15) is 19.2 Å². The molecule has 1 fully saturated rings. The van der Waals surface area contributed by atoms with Gasteiger partial charge in [-0.1, -0.05) is 75.1 Å². The number of Topliss-reactive ketones (excluding diaryl/α,β-unsaturated/α-hetero) is 1. The summed E-state index contributed by atoms with van der Waals surface area (Å²) < 4.78 is 11.3. The Morgan fingerprint density at radius 3 is 2.00 bits per heavy atom. The summed E-state index contributed by atoms with van der Waals surface area (Å²) >= 11 is 0. The third kappa shape index (κ3) is 9.66. The van der Waals surface area contributed by atoms with Crippen molar-refractivity contribution in [3.8, 4) is 11.5 Å². The molecule has 254 valence electrons. The highest BCUT2D eigenvalue weighted by Gasteiger charge is 2.51. The number of amides is 2. The van der Waals surface area contributed by atoms with Gasteiger partial charge in [0.05, 0.1) is 23.6 Å². The van der Waals surface area contributed by atoms with Crippen LogP contribution in [0, 0.1) is 0 Å². The Hall–Kier alpha value is -5.24. The van der Waals surface area contributed by atoms with Gasteiger partial charge in [0.1, 0.15) is 11.5 Å². The molecule has 0 aromatic heterocycles. The second-order valence-electron chi connectivity index (χ2n) is 12.6. The minimum absolute atomic E-state index is 0.0591. The van der Waals surface area contributed by atoms with Gasteiger partial charge in [-0.05, 0) is 104 Å². The smallest absolute Gasteiger partial charge is 0.343 e. The van der Waals surface area contributed by atoms with Crippen molar-refractivity contribution in [1.29, 1.82) is 0 Å². The van der Waals surface area contributed by atoms with Crippen molar-refractivity contribution in [2.45, 2.75) is 76.7 Å². The van der Waals surface area contributed by atoms with Crippen molar-refractivity contribution in [3.63, 3.8) is 0 Å². The van der Waals surface area contributed by atoms with Crippen LogP contribution in [0.4, 0.5) is 5.69 Å². The first-order valence-corrected chi connectivity index (χ1v) is 17.1.